The third-order valence-corrected chi connectivity index (χ3v) is 6.31. The van der Waals surface area contributed by atoms with Crippen molar-refractivity contribution in [3.05, 3.63) is 35.6 Å². The molecular weight excluding hydrogens is 257 g/mol. The molecule has 2 aliphatic carbocycles. The van der Waals surface area contributed by atoms with Crippen LogP contribution in [-0.2, 0) is 0 Å². The van der Waals surface area contributed by atoms with Crippen molar-refractivity contribution in [1.82, 2.24) is 5.32 Å². The Bertz CT molecular complexity index is 433. The molecule has 3 rings (SSSR count). The highest BCUT2D eigenvalue weighted by Crippen LogP contribution is 2.43. The van der Waals surface area contributed by atoms with Crippen molar-refractivity contribution in [2.75, 3.05) is 12.8 Å². The number of hydrogen-bond donors (Lipinski definition) is 1. The Balaban J connectivity index is 1.47. The highest BCUT2D eigenvalue weighted by Gasteiger charge is 2.38. The molecule has 19 heavy (non-hydrogen) atoms. The maximum absolute atomic E-state index is 13.7. The van der Waals surface area contributed by atoms with Crippen LogP contribution in [0.15, 0.2) is 24.3 Å². The third-order valence-electron chi connectivity index (χ3n) is 4.89. The first-order valence-corrected chi connectivity index (χ1v) is 8.48. The molecule has 1 aromatic rings. The van der Waals surface area contributed by atoms with E-state index in [-0.39, 0.29) is 5.82 Å². The Morgan fingerprint density at radius 3 is 2.63 bits per heavy atom. The number of hydrogen-bond acceptors (Lipinski definition) is 2. The molecule has 1 N–H and O–H groups in total. The van der Waals surface area contributed by atoms with Crippen molar-refractivity contribution in [3.8, 4) is 0 Å². The molecule has 2 fully saturated rings. The van der Waals surface area contributed by atoms with E-state index in [9.17, 15) is 4.39 Å². The van der Waals surface area contributed by atoms with Crippen LogP contribution in [0.2, 0.25) is 0 Å². The van der Waals surface area contributed by atoms with E-state index < -0.39 is 0 Å². The zero-order valence-electron chi connectivity index (χ0n) is 11.5. The zero-order valence-corrected chi connectivity index (χ0v) is 12.3. The molecule has 0 aliphatic heterocycles. The molecule has 0 amide bonds. The smallest absolute Gasteiger partial charge is 0.126 e. The topological polar surface area (TPSA) is 12.0 Å². The fourth-order valence-electron chi connectivity index (χ4n) is 3.20. The fourth-order valence-corrected chi connectivity index (χ4v) is 4.12. The lowest BCUT2D eigenvalue weighted by Crippen LogP contribution is -2.49. The number of nitrogens with one attached hydrogen (secondary N) is 1. The zero-order chi connectivity index (χ0) is 13.3. The van der Waals surface area contributed by atoms with E-state index in [1.165, 1.54) is 19.3 Å². The maximum Gasteiger partial charge on any atom is 0.126 e. The van der Waals surface area contributed by atoms with Gasteiger partial charge < -0.3 is 5.32 Å². The average molecular weight is 279 g/mol. The van der Waals surface area contributed by atoms with Gasteiger partial charge in [0, 0.05) is 17.3 Å². The van der Waals surface area contributed by atoms with Crippen molar-refractivity contribution < 1.29 is 4.39 Å². The molecule has 2 saturated carbocycles. The lowest BCUT2D eigenvalue weighted by Gasteiger charge is -2.44. The van der Waals surface area contributed by atoms with Gasteiger partial charge in [0.05, 0.1) is 0 Å². The SMILES string of the molecule is CSC1(CNC2CC(c3ccccc3F)C2)CCC1. The van der Waals surface area contributed by atoms with E-state index in [1.807, 2.05) is 23.9 Å². The molecular formula is C16H22FNS. The van der Waals surface area contributed by atoms with Crippen LogP contribution < -0.4 is 5.32 Å². The van der Waals surface area contributed by atoms with Gasteiger partial charge in [-0.2, -0.15) is 11.8 Å². The Hall–Kier alpha value is -0.540. The molecule has 104 valence electrons. The van der Waals surface area contributed by atoms with Gasteiger partial charge in [-0.3, -0.25) is 0 Å². The van der Waals surface area contributed by atoms with Gasteiger partial charge in [-0.15, -0.1) is 0 Å². The fraction of sp³-hybridized carbons (Fsp3) is 0.625. The van der Waals surface area contributed by atoms with E-state index in [1.54, 1.807) is 12.1 Å². The minimum atomic E-state index is -0.0365. The summed E-state index contributed by atoms with van der Waals surface area (Å²) in [6, 6.07) is 7.82. The van der Waals surface area contributed by atoms with Crippen LogP contribution in [-0.4, -0.2) is 23.6 Å². The molecule has 0 atom stereocenters. The van der Waals surface area contributed by atoms with Gasteiger partial charge >= 0.3 is 0 Å². The summed E-state index contributed by atoms with van der Waals surface area (Å²) in [7, 11) is 0. The summed E-state index contributed by atoms with van der Waals surface area (Å²) in [6.07, 6.45) is 8.49. The van der Waals surface area contributed by atoms with Crippen molar-refractivity contribution in [3.63, 3.8) is 0 Å². The molecule has 1 nitrogen and oxygen atoms in total. The van der Waals surface area contributed by atoms with Gasteiger partial charge in [-0.05, 0) is 49.5 Å². The normalized spacial score (nSPS) is 28.5. The first kappa shape index (κ1) is 13.4. The molecule has 2 aliphatic rings. The maximum atomic E-state index is 13.7. The van der Waals surface area contributed by atoms with Gasteiger partial charge in [0.15, 0.2) is 0 Å². The van der Waals surface area contributed by atoms with Gasteiger partial charge in [0.2, 0.25) is 0 Å². The van der Waals surface area contributed by atoms with E-state index in [2.05, 4.69) is 11.6 Å². The first-order valence-electron chi connectivity index (χ1n) is 7.25. The minimum absolute atomic E-state index is 0.0365. The Kier molecular flexibility index (Phi) is 3.86. The monoisotopic (exact) mass is 279 g/mol. The number of halogens is 1. The number of rotatable bonds is 5. The molecule has 3 heteroatoms. The Labute approximate surface area is 119 Å². The molecule has 0 bridgehead atoms. The predicted octanol–water partition coefficient (Wildman–Crippen LogP) is 3.95. The summed E-state index contributed by atoms with van der Waals surface area (Å²) in [5.41, 5.74) is 0.906. The van der Waals surface area contributed by atoms with Crippen LogP contribution in [0.4, 0.5) is 4.39 Å². The van der Waals surface area contributed by atoms with Gasteiger partial charge in [-0.25, -0.2) is 4.39 Å². The third kappa shape index (κ3) is 2.68. The molecule has 1 aromatic carbocycles. The van der Waals surface area contributed by atoms with Gasteiger partial charge in [-0.1, -0.05) is 24.6 Å². The van der Waals surface area contributed by atoms with Crippen molar-refractivity contribution in [1.29, 1.82) is 0 Å². The Morgan fingerprint density at radius 1 is 1.32 bits per heavy atom. The van der Waals surface area contributed by atoms with Crippen LogP contribution in [0, 0.1) is 5.82 Å². The van der Waals surface area contributed by atoms with Crippen LogP contribution in [0.25, 0.3) is 0 Å². The largest absolute Gasteiger partial charge is 0.313 e. The molecule has 0 unspecified atom stereocenters. The van der Waals surface area contributed by atoms with Gasteiger partial charge in [0.25, 0.3) is 0 Å². The molecule has 0 aromatic heterocycles. The van der Waals surface area contributed by atoms with Crippen LogP contribution in [0.1, 0.15) is 43.6 Å². The number of benzene rings is 1. The Morgan fingerprint density at radius 2 is 2.05 bits per heavy atom. The standard InChI is InChI=1S/C16H22FNS/c1-19-16(7-4-8-16)11-18-13-9-12(10-13)14-5-2-3-6-15(14)17/h2-3,5-6,12-13,18H,4,7-11H2,1H3. The van der Waals surface area contributed by atoms with Crippen molar-refractivity contribution in [2.24, 2.45) is 0 Å². The van der Waals surface area contributed by atoms with Crippen molar-refractivity contribution in [2.45, 2.75) is 48.8 Å². The van der Waals surface area contributed by atoms with E-state index >= 15 is 0 Å². The van der Waals surface area contributed by atoms with Crippen LogP contribution >= 0.6 is 11.8 Å². The highest BCUT2D eigenvalue weighted by molar-refractivity contribution is 8.00. The van der Waals surface area contributed by atoms with E-state index in [0.717, 1.165) is 24.9 Å². The summed E-state index contributed by atoms with van der Waals surface area (Å²) in [4.78, 5) is 0. The summed E-state index contributed by atoms with van der Waals surface area (Å²) in [5.74, 6) is 0.385. The minimum Gasteiger partial charge on any atom is -0.313 e. The summed E-state index contributed by atoms with van der Waals surface area (Å²) < 4.78 is 14.2. The van der Waals surface area contributed by atoms with Crippen LogP contribution in [0.3, 0.4) is 0 Å². The summed E-state index contributed by atoms with van der Waals surface area (Å²) >= 11 is 2.01. The molecule has 0 spiro atoms. The highest BCUT2D eigenvalue weighted by atomic mass is 32.2. The van der Waals surface area contributed by atoms with E-state index in [0.29, 0.717) is 16.7 Å². The van der Waals surface area contributed by atoms with Crippen molar-refractivity contribution >= 4 is 11.8 Å². The second kappa shape index (κ2) is 5.45. The molecule has 0 saturated heterocycles. The molecule has 0 radical (unpaired) electrons. The second-order valence-corrected chi connectivity index (χ2v) is 7.28. The first-order chi connectivity index (χ1) is 9.22. The molecule has 0 heterocycles. The van der Waals surface area contributed by atoms with Crippen LogP contribution in [0.5, 0.6) is 0 Å². The summed E-state index contributed by atoms with van der Waals surface area (Å²) in [6.45, 7) is 1.13. The lowest BCUT2D eigenvalue weighted by atomic mass is 9.75. The van der Waals surface area contributed by atoms with Gasteiger partial charge in [0.1, 0.15) is 5.82 Å². The van der Waals surface area contributed by atoms with E-state index in [4.69, 9.17) is 0 Å². The summed E-state index contributed by atoms with van der Waals surface area (Å²) in [5, 5.41) is 3.69. The predicted molar refractivity (Wildman–Crippen MR) is 80.3 cm³/mol. The second-order valence-electron chi connectivity index (χ2n) is 6.01. The number of thioether (sulfide) groups is 1. The lowest BCUT2D eigenvalue weighted by molar-refractivity contribution is 0.253. The quantitative estimate of drug-likeness (QED) is 0.876. The average Bonchev–Trinajstić information content (AvgIpc) is 2.32.